The largest absolute Gasteiger partial charge is 0.497 e. The first kappa shape index (κ1) is 24.5. The molecule has 0 heterocycles. The fourth-order valence-corrected chi connectivity index (χ4v) is 3.45. The highest BCUT2D eigenvalue weighted by Gasteiger charge is 2.31. The first-order chi connectivity index (χ1) is 16.4. The lowest BCUT2D eigenvalue weighted by atomic mass is 9.99. The van der Waals surface area contributed by atoms with Gasteiger partial charge >= 0.3 is 0 Å². The second kappa shape index (κ2) is 11.6. The zero-order chi connectivity index (χ0) is 24.5. The topological polar surface area (TPSA) is 131 Å². The van der Waals surface area contributed by atoms with Gasteiger partial charge in [-0.05, 0) is 35.4 Å². The van der Waals surface area contributed by atoms with Gasteiger partial charge in [0.2, 0.25) is 5.91 Å². The fourth-order valence-electron chi connectivity index (χ4n) is 3.45. The van der Waals surface area contributed by atoms with E-state index in [4.69, 9.17) is 10.5 Å². The molecule has 0 aliphatic rings. The van der Waals surface area contributed by atoms with Crippen LogP contribution in [0.5, 0.6) is 5.75 Å². The average molecular weight is 462 g/mol. The molecule has 0 bridgehead atoms. The van der Waals surface area contributed by atoms with E-state index in [9.17, 15) is 19.5 Å². The quantitative estimate of drug-likeness (QED) is 0.365. The summed E-state index contributed by atoms with van der Waals surface area (Å²) in [6.45, 7) is 0. The monoisotopic (exact) mass is 461 g/mol. The van der Waals surface area contributed by atoms with Crippen LogP contribution in [0.15, 0.2) is 84.9 Å². The average Bonchev–Trinajstić information content (AvgIpc) is 2.87. The Labute approximate surface area is 197 Å². The number of nitrogens with two attached hydrogens (primary N) is 1. The summed E-state index contributed by atoms with van der Waals surface area (Å²) in [5.41, 5.74) is 7.16. The van der Waals surface area contributed by atoms with E-state index in [1.165, 1.54) is 0 Å². The molecule has 0 aliphatic carbocycles. The van der Waals surface area contributed by atoms with Crippen molar-refractivity contribution in [2.75, 3.05) is 7.11 Å². The lowest BCUT2D eigenvalue weighted by molar-refractivity contribution is -0.134. The number of carbonyl (C=O) groups is 3. The fraction of sp³-hybridized carbons (Fsp3) is 0.192. The SMILES string of the molecule is COc1ccc(C[C@H](NC(=O)[C@H](O)[C@@H](NC(=O)c2ccccc2)c2ccccc2)C(N)=O)cc1. The smallest absolute Gasteiger partial charge is 0.252 e. The van der Waals surface area contributed by atoms with Crippen LogP contribution in [-0.2, 0) is 16.0 Å². The highest BCUT2D eigenvalue weighted by Crippen LogP contribution is 2.19. The van der Waals surface area contributed by atoms with Gasteiger partial charge in [-0.15, -0.1) is 0 Å². The molecule has 0 saturated carbocycles. The number of rotatable bonds is 10. The van der Waals surface area contributed by atoms with Crippen molar-refractivity contribution in [2.45, 2.75) is 24.6 Å². The van der Waals surface area contributed by atoms with Crippen LogP contribution in [0.1, 0.15) is 27.5 Å². The number of amides is 3. The lowest BCUT2D eigenvalue weighted by Crippen LogP contribution is -2.52. The molecule has 3 aromatic carbocycles. The molecule has 3 rings (SSSR count). The number of carbonyl (C=O) groups excluding carboxylic acids is 3. The van der Waals surface area contributed by atoms with E-state index in [1.807, 2.05) is 0 Å². The predicted octanol–water partition coefficient (Wildman–Crippen LogP) is 1.74. The molecule has 3 amide bonds. The van der Waals surface area contributed by atoms with Crippen LogP contribution in [0.2, 0.25) is 0 Å². The van der Waals surface area contributed by atoms with Crippen molar-refractivity contribution in [1.29, 1.82) is 0 Å². The Bertz CT molecular complexity index is 1100. The number of hydrogen-bond acceptors (Lipinski definition) is 5. The highest BCUT2D eigenvalue weighted by atomic mass is 16.5. The van der Waals surface area contributed by atoms with Gasteiger partial charge in [0.05, 0.1) is 13.2 Å². The molecule has 34 heavy (non-hydrogen) atoms. The van der Waals surface area contributed by atoms with Crippen molar-refractivity contribution >= 4 is 17.7 Å². The van der Waals surface area contributed by atoms with Crippen molar-refractivity contribution < 1.29 is 24.2 Å². The van der Waals surface area contributed by atoms with Gasteiger partial charge in [-0.1, -0.05) is 60.7 Å². The Kier molecular flexibility index (Phi) is 8.37. The minimum Gasteiger partial charge on any atom is -0.497 e. The van der Waals surface area contributed by atoms with Crippen LogP contribution >= 0.6 is 0 Å². The zero-order valence-electron chi connectivity index (χ0n) is 18.7. The number of hydrogen-bond donors (Lipinski definition) is 4. The van der Waals surface area contributed by atoms with Crippen LogP contribution in [0, 0.1) is 0 Å². The summed E-state index contributed by atoms with van der Waals surface area (Å²) >= 11 is 0. The molecule has 176 valence electrons. The Hall–Kier alpha value is -4.17. The molecule has 0 aliphatic heterocycles. The van der Waals surface area contributed by atoms with Gasteiger partial charge in [-0.25, -0.2) is 0 Å². The van der Waals surface area contributed by atoms with Gasteiger partial charge in [0.15, 0.2) is 6.10 Å². The molecule has 5 N–H and O–H groups in total. The summed E-state index contributed by atoms with van der Waals surface area (Å²) in [4.78, 5) is 37.7. The number of nitrogens with one attached hydrogen (secondary N) is 2. The van der Waals surface area contributed by atoms with Crippen molar-refractivity contribution in [3.05, 3.63) is 102 Å². The number of ether oxygens (including phenoxy) is 1. The molecule has 8 nitrogen and oxygen atoms in total. The minimum absolute atomic E-state index is 0.129. The summed E-state index contributed by atoms with van der Waals surface area (Å²) < 4.78 is 5.12. The maximum atomic E-state index is 12.9. The van der Waals surface area contributed by atoms with Crippen LogP contribution in [0.4, 0.5) is 0 Å². The van der Waals surface area contributed by atoms with E-state index < -0.39 is 35.9 Å². The Morgan fingerprint density at radius 1 is 0.882 bits per heavy atom. The Morgan fingerprint density at radius 3 is 2.03 bits per heavy atom. The van der Waals surface area contributed by atoms with Crippen LogP contribution in [-0.4, -0.2) is 42.1 Å². The summed E-state index contributed by atoms with van der Waals surface area (Å²) in [7, 11) is 1.54. The van der Waals surface area contributed by atoms with Gasteiger partial charge < -0.3 is 26.2 Å². The molecule has 0 spiro atoms. The van der Waals surface area contributed by atoms with E-state index in [2.05, 4.69) is 10.6 Å². The Balaban J connectivity index is 1.77. The normalized spacial score (nSPS) is 13.2. The summed E-state index contributed by atoms with van der Waals surface area (Å²) in [5, 5.41) is 16.1. The molecule has 0 unspecified atom stereocenters. The van der Waals surface area contributed by atoms with Crippen LogP contribution in [0.25, 0.3) is 0 Å². The first-order valence-corrected chi connectivity index (χ1v) is 10.7. The first-order valence-electron chi connectivity index (χ1n) is 10.7. The van der Waals surface area contributed by atoms with Gasteiger partial charge in [0.1, 0.15) is 11.8 Å². The molecule has 0 radical (unpaired) electrons. The van der Waals surface area contributed by atoms with Gasteiger partial charge in [0, 0.05) is 12.0 Å². The summed E-state index contributed by atoms with van der Waals surface area (Å²) in [6.07, 6.45) is -1.54. The van der Waals surface area contributed by atoms with Gasteiger partial charge in [-0.2, -0.15) is 0 Å². The predicted molar refractivity (Wildman–Crippen MR) is 127 cm³/mol. The second-order valence-corrected chi connectivity index (χ2v) is 7.69. The van der Waals surface area contributed by atoms with E-state index in [-0.39, 0.29) is 6.42 Å². The van der Waals surface area contributed by atoms with Crippen LogP contribution in [0.3, 0.4) is 0 Å². The number of benzene rings is 3. The number of methoxy groups -OCH3 is 1. The number of aliphatic hydroxyl groups excluding tert-OH is 1. The molecule has 0 aromatic heterocycles. The van der Waals surface area contributed by atoms with E-state index in [0.717, 1.165) is 5.56 Å². The Morgan fingerprint density at radius 2 is 1.47 bits per heavy atom. The number of aliphatic hydroxyl groups is 1. The van der Waals surface area contributed by atoms with Crippen molar-refractivity contribution in [3.63, 3.8) is 0 Å². The molecule has 8 heteroatoms. The van der Waals surface area contributed by atoms with Gasteiger partial charge in [-0.3, -0.25) is 14.4 Å². The van der Waals surface area contributed by atoms with E-state index in [0.29, 0.717) is 16.9 Å². The van der Waals surface area contributed by atoms with E-state index in [1.54, 1.807) is 92.0 Å². The minimum atomic E-state index is -1.67. The summed E-state index contributed by atoms with van der Waals surface area (Å²) in [6, 6.07) is 21.9. The third-order valence-electron chi connectivity index (χ3n) is 5.32. The molecule has 3 aromatic rings. The molecular weight excluding hydrogens is 434 g/mol. The third kappa shape index (κ3) is 6.43. The van der Waals surface area contributed by atoms with Gasteiger partial charge in [0.25, 0.3) is 11.8 Å². The molecule has 3 atom stereocenters. The standard InChI is InChI=1S/C26H27N3O5/c1-34-20-14-12-17(13-15-20)16-21(24(27)31)28-26(33)23(30)22(18-8-4-2-5-9-18)29-25(32)19-10-6-3-7-11-19/h2-15,21-23,30H,16H2,1H3,(H2,27,31)(H,28,33)(H,29,32)/t21-,22-,23+/m0/s1. The lowest BCUT2D eigenvalue weighted by Gasteiger charge is -2.26. The zero-order valence-corrected chi connectivity index (χ0v) is 18.7. The number of primary amides is 1. The van der Waals surface area contributed by atoms with E-state index >= 15 is 0 Å². The molecular formula is C26H27N3O5. The highest BCUT2D eigenvalue weighted by molar-refractivity contribution is 5.95. The third-order valence-corrected chi connectivity index (χ3v) is 5.32. The molecule has 0 saturated heterocycles. The van der Waals surface area contributed by atoms with Crippen LogP contribution < -0.4 is 21.1 Å². The molecule has 0 fully saturated rings. The van der Waals surface area contributed by atoms with Crippen molar-refractivity contribution in [1.82, 2.24) is 10.6 Å². The van der Waals surface area contributed by atoms with Crippen molar-refractivity contribution in [3.8, 4) is 5.75 Å². The maximum Gasteiger partial charge on any atom is 0.252 e. The summed E-state index contributed by atoms with van der Waals surface area (Å²) in [5.74, 6) is -1.38. The van der Waals surface area contributed by atoms with Crippen molar-refractivity contribution in [2.24, 2.45) is 5.73 Å². The maximum absolute atomic E-state index is 12.9. The second-order valence-electron chi connectivity index (χ2n) is 7.69.